The number of methoxy groups -OCH3 is 1. The van der Waals surface area contributed by atoms with Crippen LogP contribution in [0.1, 0.15) is 5.56 Å². The van der Waals surface area contributed by atoms with Crippen LogP contribution in [0.15, 0.2) is 17.0 Å². The Morgan fingerprint density at radius 3 is 2.39 bits per heavy atom. The number of imide groups is 1. The van der Waals surface area contributed by atoms with Gasteiger partial charge in [-0.2, -0.15) is 0 Å². The molecule has 0 spiro atoms. The predicted molar refractivity (Wildman–Crippen MR) is 87.7 cm³/mol. The van der Waals surface area contributed by atoms with Gasteiger partial charge in [-0.3, -0.25) is 14.5 Å². The van der Waals surface area contributed by atoms with Crippen molar-refractivity contribution in [2.75, 3.05) is 20.8 Å². The molecule has 1 aliphatic heterocycles. The van der Waals surface area contributed by atoms with Crippen molar-refractivity contribution in [1.82, 2.24) is 4.90 Å². The average Bonchev–Trinajstić information content (AvgIpc) is 2.73. The number of ether oxygens (including phenoxy) is 2. The quantitative estimate of drug-likeness (QED) is 0.594. The van der Waals surface area contributed by atoms with Crippen LogP contribution in [0.3, 0.4) is 0 Å². The van der Waals surface area contributed by atoms with E-state index in [0.717, 1.165) is 16.7 Å². The highest BCUT2D eigenvalue weighted by Gasteiger charge is 2.31. The minimum Gasteiger partial charge on any atom is -0.479 e. The molecule has 1 aliphatic rings. The summed E-state index contributed by atoms with van der Waals surface area (Å²) in [5, 5.41) is -0.0109. The summed E-state index contributed by atoms with van der Waals surface area (Å²) in [6.45, 7) is -0.329. The summed E-state index contributed by atoms with van der Waals surface area (Å²) in [5.41, 5.74) is 0.532. The van der Waals surface area contributed by atoms with Crippen molar-refractivity contribution in [3.8, 4) is 5.75 Å². The summed E-state index contributed by atoms with van der Waals surface area (Å²) in [5.74, 6) is -0.824. The third kappa shape index (κ3) is 3.99. The number of thioether (sulfide) groups is 1. The minimum atomic E-state index is -0.571. The summed E-state index contributed by atoms with van der Waals surface area (Å²) in [4.78, 5) is 35.7. The molecule has 122 valence electrons. The highest BCUT2D eigenvalue weighted by atomic mass is 35.5. The predicted octanol–water partition coefficient (Wildman–Crippen LogP) is 3.21. The number of hydrogen-bond acceptors (Lipinski definition) is 6. The monoisotopic (exact) mass is 375 g/mol. The number of carbonyl (C=O) groups excluding carboxylic acids is 3. The van der Waals surface area contributed by atoms with Crippen LogP contribution in [-0.4, -0.2) is 42.8 Å². The van der Waals surface area contributed by atoms with Crippen LogP contribution in [0.5, 0.6) is 5.75 Å². The van der Waals surface area contributed by atoms with Gasteiger partial charge in [0.1, 0.15) is 0 Å². The van der Waals surface area contributed by atoms with Gasteiger partial charge in [0, 0.05) is 7.05 Å². The van der Waals surface area contributed by atoms with E-state index in [0.29, 0.717) is 5.56 Å². The van der Waals surface area contributed by atoms with Gasteiger partial charge in [-0.15, -0.1) is 0 Å². The third-order valence-corrected chi connectivity index (χ3v) is 4.39. The second-order valence-corrected chi connectivity index (χ2v) is 6.23. The second-order valence-electron chi connectivity index (χ2n) is 4.42. The third-order valence-electron chi connectivity index (χ3n) is 2.87. The van der Waals surface area contributed by atoms with E-state index >= 15 is 0 Å². The van der Waals surface area contributed by atoms with Gasteiger partial charge < -0.3 is 9.47 Å². The Balaban J connectivity index is 2.25. The van der Waals surface area contributed by atoms with Gasteiger partial charge >= 0.3 is 5.97 Å². The van der Waals surface area contributed by atoms with Crippen molar-refractivity contribution >= 4 is 58.2 Å². The summed E-state index contributed by atoms with van der Waals surface area (Å²) in [6.07, 6.45) is 1.51. The number of likely N-dealkylation sites (N-methyl/N-ethyl adjacent to an activating group) is 1. The highest BCUT2D eigenvalue weighted by molar-refractivity contribution is 8.18. The molecule has 6 nitrogen and oxygen atoms in total. The van der Waals surface area contributed by atoms with Crippen molar-refractivity contribution in [1.29, 1.82) is 0 Å². The number of esters is 1. The van der Waals surface area contributed by atoms with Crippen LogP contribution in [-0.2, 0) is 14.3 Å². The van der Waals surface area contributed by atoms with Gasteiger partial charge in [-0.05, 0) is 35.5 Å². The maximum Gasteiger partial charge on any atom is 0.343 e. The van der Waals surface area contributed by atoms with Crippen molar-refractivity contribution in [3.63, 3.8) is 0 Å². The first-order valence-corrected chi connectivity index (χ1v) is 7.81. The fourth-order valence-corrected chi connectivity index (χ4v) is 3.13. The molecule has 0 radical (unpaired) electrons. The Morgan fingerprint density at radius 2 is 1.91 bits per heavy atom. The summed E-state index contributed by atoms with van der Waals surface area (Å²) in [7, 11) is 2.64. The lowest BCUT2D eigenvalue weighted by atomic mass is 10.2. The van der Waals surface area contributed by atoms with Crippen molar-refractivity contribution in [2.45, 2.75) is 0 Å². The maximum atomic E-state index is 11.8. The first-order chi connectivity index (χ1) is 10.8. The molecule has 1 aromatic carbocycles. The molecule has 1 heterocycles. The summed E-state index contributed by atoms with van der Waals surface area (Å²) >= 11 is 13.0. The Bertz CT molecular complexity index is 696. The molecule has 0 aromatic heterocycles. The van der Waals surface area contributed by atoms with E-state index in [1.807, 2.05) is 0 Å². The highest BCUT2D eigenvalue weighted by Crippen LogP contribution is 2.37. The maximum absolute atomic E-state index is 11.8. The van der Waals surface area contributed by atoms with Gasteiger partial charge in [0.05, 0.1) is 22.1 Å². The lowest BCUT2D eigenvalue weighted by Crippen LogP contribution is -2.22. The average molecular weight is 376 g/mol. The fourth-order valence-electron chi connectivity index (χ4n) is 1.69. The van der Waals surface area contributed by atoms with Crippen molar-refractivity contribution < 1.29 is 23.9 Å². The number of carbonyl (C=O) groups is 3. The molecule has 0 saturated carbocycles. The number of hydrogen-bond donors (Lipinski definition) is 0. The lowest BCUT2D eigenvalue weighted by molar-refractivity contribution is -0.142. The van der Waals surface area contributed by atoms with Crippen LogP contribution in [0.25, 0.3) is 6.08 Å². The van der Waals surface area contributed by atoms with E-state index in [9.17, 15) is 14.4 Å². The molecule has 2 rings (SSSR count). The van der Waals surface area contributed by atoms with E-state index in [2.05, 4.69) is 4.74 Å². The zero-order valence-corrected chi connectivity index (χ0v) is 14.4. The SMILES string of the molecule is COC(=O)COc1c(Cl)cc(/C=C2\SC(=O)N(C)C2=O)cc1Cl. The van der Waals surface area contributed by atoms with E-state index in [1.165, 1.54) is 32.4 Å². The standard InChI is InChI=1S/C14H11Cl2NO5S/c1-17-13(19)10(23-14(17)20)5-7-3-8(15)12(9(16)4-7)22-6-11(18)21-2/h3-5H,6H2,1-2H3/b10-5-. The molecule has 0 bridgehead atoms. The molecule has 0 N–H and O–H groups in total. The first-order valence-electron chi connectivity index (χ1n) is 6.23. The van der Waals surface area contributed by atoms with Crippen LogP contribution in [0.2, 0.25) is 10.0 Å². The van der Waals surface area contributed by atoms with E-state index < -0.39 is 11.9 Å². The van der Waals surface area contributed by atoms with Gasteiger partial charge in [-0.1, -0.05) is 23.2 Å². The lowest BCUT2D eigenvalue weighted by Gasteiger charge is -2.10. The molecule has 23 heavy (non-hydrogen) atoms. The van der Waals surface area contributed by atoms with E-state index in [-0.39, 0.29) is 32.5 Å². The Morgan fingerprint density at radius 1 is 1.30 bits per heavy atom. The van der Waals surface area contributed by atoms with Crippen LogP contribution >= 0.6 is 35.0 Å². The number of amides is 2. The molecule has 9 heteroatoms. The van der Waals surface area contributed by atoms with E-state index in [4.69, 9.17) is 27.9 Å². The number of nitrogens with zero attached hydrogens (tertiary/aromatic N) is 1. The Hall–Kier alpha value is -1.70. The second kappa shape index (κ2) is 7.25. The van der Waals surface area contributed by atoms with E-state index in [1.54, 1.807) is 0 Å². The molecule has 0 atom stereocenters. The molecular weight excluding hydrogens is 365 g/mol. The van der Waals surface area contributed by atoms with Crippen LogP contribution in [0.4, 0.5) is 4.79 Å². The summed E-state index contributed by atoms with van der Waals surface area (Å²) < 4.78 is 9.67. The Kier molecular flexibility index (Phi) is 5.56. The molecule has 0 aliphatic carbocycles. The molecule has 1 aromatic rings. The molecule has 2 amide bonds. The number of halogens is 2. The fraction of sp³-hybridized carbons (Fsp3) is 0.214. The van der Waals surface area contributed by atoms with Crippen LogP contribution < -0.4 is 4.74 Å². The first kappa shape index (κ1) is 17.7. The topological polar surface area (TPSA) is 72.9 Å². The zero-order valence-electron chi connectivity index (χ0n) is 12.1. The van der Waals surface area contributed by atoms with Crippen molar-refractivity contribution in [3.05, 3.63) is 32.6 Å². The van der Waals surface area contributed by atoms with Crippen molar-refractivity contribution in [2.24, 2.45) is 0 Å². The molecular formula is C14H11Cl2NO5S. The zero-order chi connectivity index (χ0) is 17.1. The molecule has 1 saturated heterocycles. The van der Waals surface area contributed by atoms with Gasteiger partial charge in [0.2, 0.25) is 0 Å². The molecule has 0 unspecified atom stereocenters. The van der Waals surface area contributed by atoms with Gasteiger partial charge in [0.15, 0.2) is 12.4 Å². The van der Waals surface area contributed by atoms with Crippen LogP contribution in [0, 0.1) is 0 Å². The summed E-state index contributed by atoms with van der Waals surface area (Å²) in [6, 6.07) is 3.04. The normalized spacial score (nSPS) is 16.2. The number of rotatable bonds is 4. The van der Waals surface area contributed by atoms with Gasteiger partial charge in [-0.25, -0.2) is 4.79 Å². The number of benzene rings is 1. The van der Waals surface area contributed by atoms with Gasteiger partial charge in [0.25, 0.3) is 11.1 Å². The largest absolute Gasteiger partial charge is 0.479 e. The Labute approximate surface area is 146 Å². The smallest absolute Gasteiger partial charge is 0.343 e. The molecule has 1 fully saturated rings. The minimum absolute atomic E-state index is 0.138.